The van der Waals surface area contributed by atoms with Crippen LogP contribution >= 0.6 is 0 Å². The Morgan fingerprint density at radius 2 is 2.09 bits per heavy atom. The second-order valence-electron chi connectivity index (χ2n) is 9.24. The van der Waals surface area contributed by atoms with Gasteiger partial charge in [-0.25, -0.2) is 0 Å². The van der Waals surface area contributed by atoms with Gasteiger partial charge in [0.05, 0.1) is 25.8 Å². The number of nitrogens with zero attached hydrogens (tertiary/aromatic N) is 1. The Bertz CT molecular complexity index is 1270. The van der Waals surface area contributed by atoms with Crippen LogP contribution in [-0.2, 0) is 17.7 Å². The van der Waals surface area contributed by atoms with E-state index in [0.29, 0.717) is 12.1 Å². The maximum Gasteiger partial charge on any atom is 0.263 e. The number of pyridine rings is 1. The summed E-state index contributed by atoms with van der Waals surface area (Å²) in [4.78, 5) is 30.3. The zero-order valence-corrected chi connectivity index (χ0v) is 19.5. The van der Waals surface area contributed by atoms with Crippen LogP contribution in [0.15, 0.2) is 29.1 Å². The molecule has 1 aromatic carbocycles. The van der Waals surface area contributed by atoms with E-state index in [0.717, 1.165) is 66.8 Å². The van der Waals surface area contributed by atoms with E-state index in [1.807, 2.05) is 38.1 Å². The van der Waals surface area contributed by atoms with E-state index >= 15 is 0 Å². The minimum absolute atomic E-state index is 0.0317. The van der Waals surface area contributed by atoms with E-state index in [9.17, 15) is 9.59 Å². The van der Waals surface area contributed by atoms with Crippen LogP contribution in [0.2, 0.25) is 0 Å². The molecule has 0 saturated carbocycles. The lowest BCUT2D eigenvalue weighted by atomic mass is 9.91. The molecule has 2 N–H and O–H groups in total. The van der Waals surface area contributed by atoms with Gasteiger partial charge in [0.25, 0.3) is 11.5 Å². The molecule has 5 rings (SSSR count). The van der Waals surface area contributed by atoms with Crippen LogP contribution < -0.4 is 15.6 Å². The molecule has 174 valence electrons. The molecule has 0 unspecified atom stereocenters. The van der Waals surface area contributed by atoms with Crippen molar-refractivity contribution in [2.45, 2.75) is 64.6 Å². The SMILES string of the molecule is COc1ccc2[nH]c3c(c2c1)CCC[C@@H]3NC(=O)c1c(C)cc(C)n(C[C@H]2CCCO2)c1=O. The van der Waals surface area contributed by atoms with Gasteiger partial charge in [0.1, 0.15) is 11.3 Å². The zero-order valence-electron chi connectivity index (χ0n) is 19.5. The van der Waals surface area contributed by atoms with E-state index in [2.05, 4.69) is 10.3 Å². The molecule has 7 nitrogen and oxygen atoms in total. The largest absolute Gasteiger partial charge is 0.497 e. The first kappa shape index (κ1) is 21.8. The van der Waals surface area contributed by atoms with Gasteiger partial charge in [-0.2, -0.15) is 0 Å². The molecule has 1 saturated heterocycles. The highest BCUT2D eigenvalue weighted by Crippen LogP contribution is 2.36. The Hall–Kier alpha value is -3.06. The van der Waals surface area contributed by atoms with E-state index in [1.165, 1.54) is 5.56 Å². The predicted molar refractivity (Wildman–Crippen MR) is 127 cm³/mol. The van der Waals surface area contributed by atoms with Crippen LogP contribution in [0.3, 0.4) is 0 Å². The number of ether oxygens (including phenoxy) is 2. The lowest BCUT2D eigenvalue weighted by molar-refractivity contribution is 0.0913. The normalized spacial score (nSPS) is 20.1. The first-order valence-electron chi connectivity index (χ1n) is 11.8. The lowest BCUT2D eigenvalue weighted by Crippen LogP contribution is -2.39. The number of amides is 1. The van der Waals surface area contributed by atoms with Crippen molar-refractivity contribution in [3.8, 4) is 5.75 Å². The average molecular weight is 450 g/mol. The molecular weight excluding hydrogens is 418 g/mol. The van der Waals surface area contributed by atoms with Gasteiger partial charge >= 0.3 is 0 Å². The highest BCUT2D eigenvalue weighted by molar-refractivity contribution is 5.96. The Labute approximate surface area is 193 Å². The standard InChI is InChI=1S/C26H31N3O4/c1-15-12-16(2)29(14-18-6-5-11-33-18)26(31)23(15)25(30)28-22-8-4-7-19-20-13-17(32-3)9-10-21(20)27-24(19)22/h9-10,12-13,18,22,27H,4-8,11,14H2,1-3H3,(H,28,30)/t18-,22+/m1/s1. The third-order valence-corrected chi connectivity index (χ3v) is 7.06. The van der Waals surface area contributed by atoms with E-state index in [4.69, 9.17) is 9.47 Å². The van der Waals surface area contributed by atoms with Crippen molar-refractivity contribution < 1.29 is 14.3 Å². The van der Waals surface area contributed by atoms with Gasteiger partial charge in [-0.3, -0.25) is 9.59 Å². The van der Waals surface area contributed by atoms with E-state index < -0.39 is 0 Å². The second-order valence-corrected chi connectivity index (χ2v) is 9.24. The van der Waals surface area contributed by atoms with Crippen molar-refractivity contribution in [2.24, 2.45) is 0 Å². The molecule has 1 aliphatic carbocycles. The van der Waals surface area contributed by atoms with E-state index in [-0.39, 0.29) is 29.2 Å². The van der Waals surface area contributed by atoms with Gasteiger partial charge < -0.3 is 24.3 Å². The average Bonchev–Trinajstić information content (AvgIpc) is 3.44. The Morgan fingerprint density at radius 3 is 2.85 bits per heavy atom. The van der Waals surface area contributed by atoms with Crippen LogP contribution in [0.25, 0.3) is 10.9 Å². The Kier molecular flexibility index (Phi) is 5.74. The minimum Gasteiger partial charge on any atom is -0.497 e. The third-order valence-electron chi connectivity index (χ3n) is 7.06. The summed E-state index contributed by atoms with van der Waals surface area (Å²) in [6, 6.07) is 7.75. The van der Waals surface area contributed by atoms with E-state index in [1.54, 1.807) is 11.7 Å². The Balaban J connectivity index is 1.45. The van der Waals surface area contributed by atoms with Crippen LogP contribution in [0.5, 0.6) is 5.75 Å². The van der Waals surface area contributed by atoms with Crippen LogP contribution in [0.4, 0.5) is 0 Å². The molecule has 1 aliphatic heterocycles. The molecule has 33 heavy (non-hydrogen) atoms. The number of nitrogens with one attached hydrogen (secondary N) is 2. The molecular formula is C26H31N3O4. The van der Waals surface area contributed by atoms with Crippen molar-refractivity contribution in [3.05, 3.63) is 62.7 Å². The number of hydrogen-bond donors (Lipinski definition) is 2. The molecule has 2 aromatic heterocycles. The number of hydrogen-bond acceptors (Lipinski definition) is 4. The third kappa shape index (κ3) is 3.95. The van der Waals surface area contributed by atoms with Crippen molar-refractivity contribution in [1.82, 2.24) is 14.9 Å². The number of carbonyl (C=O) groups is 1. The number of aromatic nitrogens is 2. The molecule has 3 aromatic rings. The maximum absolute atomic E-state index is 13.4. The molecule has 0 spiro atoms. The summed E-state index contributed by atoms with van der Waals surface area (Å²) < 4.78 is 12.8. The van der Waals surface area contributed by atoms with Crippen LogP contribution in [-0.4, -0.2) is 35.3 Å². The summed E-state index contributed by atoms with van der Waals surface area (Å²) in [7, 11) is 1.67. The fourth-order valence-electron chi connectivity index (χ4n) is 5.37. The van der Waals surface area contributed by atoms with Gasteiger partial charge in [-0.1, -0.05) is 0 Å². The van der Waals surface area contributed by atoms with Gasteiger partial charge in [-0.15, -0.1) is 0 Å². The lowest BCUT2D eigenvalue weighted by Gasteiger charge is -2.24. The van der Waals surface area contributed by atoms with Crippen LogP contribution in [0, 0.1) is 13.8 Å². The van der Waals surface area contributed by atoms with Crippen molar-refractivity contribution in [3.63, 3.8) is 0 Å². The number of H-pyrrole nitrogens is 1. The smallest absolute Gasteiger partial charge is 0.263 e. The molecule has 1 amide bonds. The molecule has 0 bridgehead atoms. The number of fused-ring (bicyclic) bond motifs is 3. The second kappa shape index (κ2) is 8.71. The number of carbonyl (C=O) groups excluding carboxylic acids is 1. The predicted octanol–water partition coefficient (Wildman–Crippen LogP) is 3.94. The first-order valence-corrected chi connectivity index (χ1v) is 11.8. The number of aryl methyl sites for hydroxylation is 3. The summed E-state index contributed by atoms with van der Waals surface area (Å²) in [5, 5.41) is 4.29. The highest BCUT2D eigenvalue weighted by atomic mass is 16.5. The summed E-state index contributed by atoms with van der Waals surface area (Å²) in [6.45, 7) is 4.97. The number of benzene rings is 1. The van der Waals surface area contributed by atoms with Crippen LogP contribution in [0.1, 0.15) is 64.6 Å². The van der Waals surface area contributed by atoms with Gasteiger partial charge in [0.15, 0.2) is 0 Å². The first-order chi connectivity index (χ1) is 16.0. The number of rotatable bonds is 5. The molecule has 0 radical (unpaired) electrons. The van der Waals surface area contributed by atoms with Crippen molar-refractivity contribution in [1.29, 1.82) is 0 Å². The quantitative estimate of drug-likeness (QED) is 0.618. The minimum atomic E-state index is -0.312. The van der Waals surface area contributed by atoms with Crippen molar-refractivity contribution in [2.75, 3.05) is 13.7 Å². The summed E-state index contributed by atoms with van der Waals surface area (Å²) in [5.74, 6) is 0.505. The molecule has 3 heterocycles. The molecule has 2 atom stereocenters. The van der Waals surface area contributed by atoms with Gasteiger partial charge in [0, 0.05) is 28.9 Å². The van der Waals surface area contributed by atoms with Gasteiger partial charge in [0.2, 0.25) is 0 Å². The molecule has 7 heteroatoms. The number of aromatic amines is 1. The Morgan fingerprint density at radius 1 is 1.24 bits per heavy atom. The summed E-state index contributed by atoms with van der Waals surface area (Å²) >= 11 is 0. The summed E-state index contributed by atoms with van der Waals surface area (Å²) in [6.07, 6.45) is 4.74. The van der Waals surface area contributed by atoms with Gasteiger partial charge in [-0.05, 0) is 81.3 Å². The molecule has 2 aliphatic rings. The monoisotopic (exact) mass is 449 g/mol. The fourth-order valence-corrected chi connectivity index (χ4v) is 5.37. The summed E-state index contributed by atoms with van der Waals surface area (Å²) in [5.41, 5.74) is 4.83. The number of methoxy groups -OCH3 is 1. The highest BCUT2D eigenvalue weighted by Gasteiger charge is 2.28. The molecule has 1 fully saturated rings. The zero-order chi connectivity index (χ0) is 23.1. The van der Waals surface area contributed by atoms with Crippen molar-refractivity contribution >= 4 is 16.8 Å². The fraction of sp³-hybridized carbons (Fsp3) is 0.462. The maximum atomic E-state index is 13.4. The topological polar surface area (TPSA) is 85.3 Å².